The minimum Gasteiger partial charge on any atom is -0.324 e. The summed E-state index contributed by atoms with van der Waals surface area (Å²) in [5.74, 6) is -0.301. The summed E-state index contributed by atoms with van der Waals surface area (Å²) in [6.07, 6.45) is 1.58. The van der Waals surface area contributed by atoms with Crippen molar-refractivity contribution in [1.29, 1.82) is 0 Å². The second-order valence-electron chi connectivity index (χ2n) is 3.32. The Morgan fingerprint density at radius 1 is 1.36 bits per heavy atom. The van der Waals surface area contributed by atoms with Crippen molar-refractivity contribution < 1.29 is 4.39 Å². The molecule has 1 aromatic heterocycles. The first-order valence-corrected chi connectivity index (χ1v) is 4.49. The molecule has 72 valence electrons. The third-order valence-electron chi connectivity index (χ3n) is 2.24. The summed E-state index contributed by atoms with van der Waals surface area (Å²) in [5, 5.41) is 0.794. The highest BCUT2D eigenvalue weighted by atomic mass is 19.1. The molecular weight excluding hydrogens is 179 g/mol. The van der Waals surface area contributed by atoms with Crippen LogP contribution >= 0.6 is 0 Å². The minimum atomic E-state index is -0.301. The van der Waals surface area contributed by atoms with Crippen LogP contribution in [0.2, 0.25) is 0 Å². The van der Waals surface area contributed by atoms with Crippen LogP contribution in [-0.4, -0.2) is 4.98 Å². The highest BCUT2D eigenvalue weighted by Gasteiger charge is 2.08. The molecule has 0 saturated carbocycles. The molecule has 0 aliphatic carbocycles. The van der Waals surface area contributed by atoms with E-state index in [1.807, 2.05) is 13.0 Å². The first-order chi connectivity index (χ1) is 6.70. The van der Waals surface area contributed by atoms with E-state index in [9.17, 15) is 4.39 Å². The third kappa shape index (κ3) is 1.36. The molecule has 0 aliphatic heterocycles. The molecule has 0 fully saturated rings. The van der Waals surface area contributed by atoms with Crippen molar-refractivity contribution in [2.24, 2.45) is 5.73 Å². The first-order valence-electron chi connectivity index (χ1n) is 4.49. The molecule has 2 nitrogen and oxygen atoms in total. The van der Waals surface area contributed by atoms with Crippen LogP contribution in [-0.2, 0) is 0 Å². The van der Waals surface area contributed by atoms with Gasteiger partial charge in [0.15, 0.2) is 0 Å². The normalized spacial score (nSPS) is 13.1. The predicted molar refractivity (Wildman–Crippen MR) is 54.3 cm³/mol. The number of nitrogens with zero attached hydrogens (tertiary/aromatic N) is 1. The fraction of sp³-hybridized carbons (Fsp3) is 0.182. The van der Waals surface area contributed by atoms with Crippen LogP contribution in [0.3, 0.4) is 0 Å². The molecule has 0 bridgehead atoms. The number of hydrogen-bond donors (Lipinski definition) is 1. The molecule has 0 radical (unpaired) electrons. The van der Waals surface area contributed by atoms with Gasteiger partial charge in [-0.25, -0.2) is 4.39 Å². The summed E-state index contributed by atoms with van der Waals surface area (Å²) in [6, 6.07) is 6.64. The van der Waals surface area contributed by atoms with Gasteiger partial charge in [-0.1, -0.05) is 12.1 Å². The smallest absolute Gasteiger partial charge is 0.149 e. The molecule has 2 N–H and O–H groups in total. The maximum absolute atomic E-state index is 13.3. The molecule has 1 heterocycles. The van der Waals surface area contributed by atoms with Crippen LogP contribution in [0.25, 0.3) is 10.9 Å². The van der Waals surface area contributed by atoms with Gasteiger partial charge in [0.2, 0.25) is 0 Å². The SMILES string of the molecule is CC(N)c1ccc(F)c2ncccc12. The molecule has 1 unspecified atom stereocenters. The maximum atomic E-state index is 13.3. The van der Waals surface area contributed by atoms with E-state index in [0.29, 0.717) is 5.52 Å². The standard InChI is InChI=1S/C11H11FN2/c1-7(13)8-4-5-10(12)11-9(8)3-2-6-14-11/h2-7H,13H2,1H3. The molecule has 0 saturated heterocycles. The topological polar surface area (TPSA) is 38.9 Å². The second kappa shape index (κ2) is 3.35. The van der Waals surface area contributed by atoms with Crippen molar-refractivity contribution in [3.05, 3.63) is 41.8 Å². The van der Waals surface area contributed by atoms with Gasteiger partial charge in [-0.2, -0.15) is 0 Å². The van der Waals surface area contributed by atoms with Crippen LogP contribution in [0.4, 0.5) is 4.39 Å². The largest absolute Gasteiger partial charge is 0.324 e. The molecule has 3 heteroatoms. The first kappa shape index (κ1) is 9.09. The third-order valence-corrected chi connectivity index (χ3v) is 2.24. The summed E-state index contributed by atoms with van der Waals surface area (Å²) in [6.45, 7) is 1.87. The zero-order valence-corrected chi connectivity index (χ0v) is 7.87. The fourth-order valence-corrected chi connectivity index (χ4v) is 1.56. The molecule has 2 aromatic rings. The number of benzene rings is 1. The zero-order chi connectivity index (χ0) is 10.1. The Hall–Kier alpha value is -1.48. The number of hydrogen-bond acceptors (Lipinski definition) is 2. The van der Waals surface area contributed by atoms with Crippen molar-refractivity contribution >= 4 is 10.9 Å². The number of aromatic nitrogens is 1. The number of pyridine rings is 1. The van der Waals surface area contributed by atoms with E-state index < -0.39 is 0 Å². The lowest BCUT2D eigenvalue weighted by Gasteiger charge is -2.09. The molecule has 0 spiro atoms. The van der Waals surface area contributed by atoms with E-state index in [-0.39, 0.29) is 11.9 Å². The van der Waals surface area contributed by atoms with E-state index >= 15 is 0 Å². The van der Waals surface area contributed by atoms with Crippen LogP contribution in [0, 0.1) is 5.82 Å². The Labute approximate surface area is 81.6 Å². The van der Waals surface area contributed by atoms with E-state index in [4.69, 9.17) is 5.73 Å². The summed E-state index contributed by atoms with van der Waals surface area (Å²) in [5.41, 5.74) is 7.10. The Bertz CT molecular complexity index is 466. The van der Waals surface area contributed by atoms with Crippen molar-refractivity contribution in [3.8, 4) is 0 Å². The summed E-state index contributed by atoms with van der Waals surface area (Å²) >= 11 is 0. The van der Waals surface area contributed by atoms with E-state index in [1.165, 1.54) is 6.07 Å². The van der Waals surface area contributed by atoms with Gasteiger partial charge < -0.3 is 5.73 Å². The lowest BCUT2D eigenvalue weighted by atomic mass is 10.0. The average Bonchev–Trinajstić information content (AvgIpc) is 2.18. The van der Waals surface area contributed by atoms with Gasteiger partial charge in [0, 0.05) is 17.6 Å². The molecule has 1 aromatic carbocycles. The molecular formula is C11H11FN2. The Kier molecular flexibility index (Phi) is 2.17. The lowest BCUT2D eigenvalue weighted by molar-refractivity contribution is 0.635. The molecule has 1 atom stereocenters. The Morgan fingerprint density at radius 3 is 2.86 bits per heavy atom. The van der Waals surface area contributed by atoms with E-state index in [1.54, 1.807) is 18.3 Å². The average molecular weight is 190 g/mol. The number of fused-ring (bicyclic) bond motifs is 1. The van der Waals surface area contributed by atoms with Gasteiger partial charge in [-0.3, -0.25) is 4.98 Å². The quantitative estimate of drug-likeness (QED) is 0.749. The van der Waals surface area contributed by atoms with Gasteiger partial charge in [0.05, 0.1) is 0 Å². The van der Waals surface area contributed by atoms with Crippen molar-refractivity contribution in [3.63, 3.8) is 0 Å². The van der Waals surface area contributed by atoms with Gasteiger partial charge in [0.25, 0.3) is 0 Å². The predicted octanol–water partition coefficient (Wildman–Crippen LogP) is 2.39. The second-order valence-corrected chi connectivity index (χ2v) is 3.32. The highest BCUT2D eigenvalue weighted by Crippen LogP contribution is 2.23. The summed E-state index contributed by atoms with van der Waals surface area (Å²) in [7, 11) is 0. The Balaban J connectivity index is 2.82. The van der Waals surface area contributed by atoms with Crippen molar-refractivity contribution in [2.45, 2.75) is 13.0 Å². The van der Waals surface area contributed by atoms with Gasteiger partial charge in [-0.05, 0) is 24.6 Å². The monoisotopic (exact) mass is 190 g/mol. The Morgan fingerprint density at radius 2 is 2.14 bits per heavy atom. The lowest BCUT2D eigenvalue weighted by Crippen LogP contribution is -2.06. The van der Waals surface area contributed by atoms with Crippen LogP contribution in [0.15, 0.2) is 30.5 Å². The zero-order valence-electron chi connectivity index (χ0n) is 7.87. The summed E-state index contributed by atoms with van der Waals surface area (Å²) in [4.78, 5) is 3.99. The van der Waals surface area contributed by atoms with E-state index in [2.05, 4.69) is 4.98 Å². The van der Waals surface area contributed by atoms with Gasteiger partial charge in [-0.15, -0.1) is 0 Å². The van der Waals surface area contributed by atoms with Gasteiger partial charge >= 0.3 is 0 Å². The number of rotatable bonds is 1. The van der Waals surface area contributed by atoms with Crippen LogP contribution in [0.1, 0.15) is 18.5 Å². The van der Waals surface area contributed by atoms with Crippen molar-refractivity contribution in [2.75, 3.05) is 0 Å². The number of nitrogens with two attached hydrogens (primary N) is 1. The molecule has 2 rings (SSSR count). The van der Waals surface area contributed by atoms with Crippen LogP contribution < -0.4 is 5.73 Å². The minimum absolute atomic E-state index is 0.109. The van der Waals surface area contributed by atoms with Gasteiger partial charge in [0.1, 0.15) is 11.3 Å². The molecule has 0 amide bonds. The van der Waals surface area contributed by atoms with Crippen LogP contribution in [0.5, 0.6) is 0 Å². The number of halogens is 1. The maximum Gasteiger partial charge on any atom is 0.149 e. The summed E-state index contributed by atoms with van der Waals surface area (Å²) < 4.78 is 13.3. The fourth-order valence-electron chi connectivity index (χ4n) is 1.56. The highest BCUT2D eigenvalue weighted by molar-refractivity contribution is 5.82. The van der Waals surface area contributed by atoms with E-state index in [0.717, 1.165) is 10.9 Å². The molecule has 0 aliphatic rings. The molecule has 14 heavy (non-hydrogen) atoms. The van der Waals surface area contributed by atoms with Crippen molar-refractivity contribution in [1.82, 2.24) is 4.98 Å².